The molecule has 1 fully saturated rings. The maximum atomic E-state index is 12.8. The summed E-state index contributed by atoms with van der Waals surface area (Å²) in [6.07, 6.45) is 4.20. The zero-order chi connectivity index (χ0) is 29.4. The quantitative estimate of drug-likeness (QED) is 0.220. The average molecular weight is 564 g/mol. The highest BCUT2D eigenvalue weighted by Gasteiger charge is 2.36. The van der Waals surface area contributed by atoms with Crippen molar-refractivity contribution < 1.29 is 29.2 Å². The van der Waals surface area contributed by atoms with Crippen LogP contribution < -0.4 is 0 Å². The molecule has 0 saturated carbocycles. The fraction of sp³-hybridized carbons (Fsp3) is 0.161. The van der Waals surface area contributed by atoms with Crippen molar-refractivity contribution in [3.05, 3.63) is 90.4 Å². The number of fused-ring (bicyclic) bond motifs is 1. The smallest absolute Gasteiger partial charge is 0.326 e. The van der Waals surface area contributed by atoms with Crippen LogP contribution in [-0.2, 0) is 4.79 Å². The molecule has 11 heteroatoms. The molecule has 0 radical (unpaired) electrons. The molecule has 1 atom stereocenters. The molecule has 2 aromatic carbocycles. The van der Waals surface area contributed by atoms with Crippen LogP contribution in [0, 0.1) is 0 Å². The number of aliphatic carboxylic acids is 1. The van der Waals surface area contributed by atoms with E-state index in [4.69, 9.17) is 4.52 Å². The van der Waals surface area contributed by atoms with Gasteiger partial charge in [-0.05, 0) is 36.1 Å². The van der Waals surface area contributed by atoms with Gasteiger partial charge in [-0.3, -0.25) is 19.8 Å². The van der Waals surface area contributed by atoms with E-state index in [2.05, 4.69) is 15.1 Å². The van der Waals surface area contributed by atoms with Gasteiger partial charge in [-0.2, -0.15) is 0 Å². The summed E-state index contributed by atoms with van der Waals surface area (Å²) in [6, 6.07) is 19.4. The monoisotopic (exact) mass is 563 g/mol. The number of carbonyl (C=O) groups excluding carboxylic acids is 2. The second-order valence-corrected chi connectivity index (χ2v) is 10.0. The maximum absolute atomic E-state index is 12.8. The van der Waals surface area contributed by atoms with E-state index >= 15 is 0 Å². The Morgan fingerprint density at radius 2 is 1.57 bits per heavy atom. The van der Waals surface area contributed by atoms with E-state index in [9.17, 15) is 24.7 Å². The van der Waals surface area contributed by atoms with Crippen LogP contribution >= 0.6 is 0 Å². The summed E-state index contributed by atoms with van der Waals surface area (Å²) in [6.45, 7) is 0.368. The van der Waals surface area contributed by atoms with Crippen molar-refractivity contribution in [1.29, 1.82) is 0 Å². The number of aromatic nitrogens is 3. The van der Waals surface area contributed by atoms with Gasteiger partial charge in [-0.1, -0.05) is 53.7 Å². The summed E-state index contributed by atoms with van der Waals surface area (Å²) < 4.78 is 5.27. The number of benzene rings is 2. The molecule has 1 aliphatic rings. The third-order valence-corrected chi connectivity index (χ3v) is 7.35. The molecular weight excluding hydrogens is 538 g/mol. The molecule has 0 aliphatic carbocycles. The Balaban J connectivity index is 1.22. The number of carboxylic acid groups (broad SMARTS) is 1. The largest absolute Gasteiger partial charge is 0.480 e. The number of hydrogen-bond donors (Lipinski definition) is 2. The van der Waals surface area contributed by atoms with E-state index in [1.807, 2.05) is 48.5 Å². The van der Waals surface area contributed by atoms with Crippen LogP contribution in [0.5, 0.6) is 0 Å². The molecule has 6 rings (SSSR count). The SMILES string of the molecule is CN(O)C(=O)c1cc(-c2ccc(-c3ccc(-c4cc(C(=O)N5CCCC5C(=O)O)on4)cc3)cc2)nc2ccncc12. The first kappa shape index (κ1) is 26.8. The predicted molar refractivity (Wildman–Crippen MR) is 151 cm³/mol. The van der Waals surface area contributed by atoms with Crippen molar-refractivity contribution in [2.75, 3.05) is 13.6 Å². The van der Waals surface area contributed by atoms with E-state index in [-0.39, 0.29) is 5.76 Å². The third-order valence-electron chi connectivity index (χ3n) is 7.35. The van der Waals surface area contributed by atoms with Gasteiger partial charge in [0.1, 0.15) is 11.7 Å². The molecule has 2 N–H and O–H groups in total. The van der Waals surface area contributed by atoms with Crippen LogP contribution in [0.3, 0.4) is 0 Å². The number of carboxylic acids is 1. The van der Waals surface area contributed by atoms with E-state index in [1.165, 1.54) is 18.0 Å². The fourth-order valence-electron chi connectivity index (χ4n) is 5.15. The summed E-state index contributed by atoms with van der Waals surface area (Å²) in [5.74, 6) is -2.05. The summed E-state index contributed by atoms with van der Waals surface area (Å²) in [4.78, 5) is 47.0. The minimum absolute atomic E-state index is 0.00636. The highest BCUT2D eigenvalue weighted by Crippen LogP contribution is 2.30. The number of carbonyl (C=O) groups is 3. The van der Waals surface area contributed by atoms with Crippen LogP contribution in [0.4, 0.5) is 0 Å². The van der Waals surface area contributed by atoms with Gasteiger partial charge in [-0.25, -0.2) is 14.8 Å². The molecule has 3 aromatic heterocycles. The van der Waals surface area contributed by atoms with Crippen molar-refractivity contribution in [2.24, 2.45) is 0 Å². The second-order valence-electron chi connectivity index (χ2n) is 10.0. The maximum Gasteiger partial charge on any atom is 0.326 e. The molecule has 1 unspecified atom stereocenters. The molecule has 42 heavy (non-hydrogen) atoms. The number of hydrogen-bond acceptors (Lipinski definition) is 8. The number of likely N-dealkylation sites (tertiary alicyclic amines) is 1. The van der Waals surface area contributed by atoms with Gasteiger partial charge in [-0.15, -0.1) is 0 Å². The van der Waals surface area contributed by atoms with Gasteiger partial charge in [0.15, 0.2) is 0 Å². The summed E-state index contributed by atoms with van der Waals surface area (Å²) in [7, 11) is 1.27. The lowest BCUT2D eigenvalue weighted by Gasteiger charge is -2.19. The number of nitrogens with zero attached hydrogens (tertiary/aromatic N) is 5. The Morgan fingerprint density at radius 3 is 2.21 bits per heavy atom. The Labute approximate surface area is 239 Å². The lowest BCUT2D eigenvalue weighted by atomic mass is 9.99. The van der Waals surface area contributed by atoms with Gasteiger partial charge in [0, 0.05) is 48.6 Å². The topological polar surface area (TPSA) is 150 Å². The van der Waals surface area contributed by atoms with Gasteiger partial charge in [0.2, 0.25) is 5.76 Å². The van der Waals surface area contributed by atoms with E-state index < -0.39 is 23.8 Å². The first-order valence-corrected chi connectivity index (χ1v) is 13.2. The Bertz CT molecular complexity index is 1810. The first-order chi connectivity index (χ1) is 20.3. The highest BCUT2D eigenvalue weighted by atomic mass is 16.5. The zero-order valence-corrected chi connectivity index (χ0v) is 22.5. The standard InChI is InChI=1S/C31H25N5O6/c1-35(41)29(37)22-15-25(33-24-12-13-32-17-23(22)24)20-8-4-18(5-9-20)19-6-10-21(11-7-19)26-16-28(42-34-26)30(38)36-14-2-3-27(36)31(39)40/h4-13,15-17,27,41H,2-3,14H2,1H3,(H,39,40). The Hall–Kier alpha value is -5.42. The molecule has 11 nitrogen and oxygen atoms in total. The zero-order valence-electron chi connectivity index (χ0n) is 22.5. The van der Waals surface area contributed by atoms with Crippen LogP contribution in [0.2, 0.25) is 0 Å². The second kappa shape index (κ2) is 10.9. The van der Waals surface area contributed by atoms with Gasteiger partial charge < -0.3 is 14.5 Å². The van der Waals surface area contributed by atoms with E-state index in [0.717, 1.165) is 22.3 Å². The minimum Gasteiger partial charge on any atom is -0.480 e. The highest BCUT2D eigenvalue weighted by molar-refractivity contribution is 6.06. The van der Waals surface area contributed by atoms with E-state index in [1.54, 1.807) is 24.5 Å². The van der Waals surface area contributed by atoms with Gasteiger partial charge in [0.25, 0.3) is 11.8 Å². The lowest BCUT2D eigenvalue weighted by Crippen LogP contribution is -2.40. The Kier molecular flexibility index (Phi) is 6.93. The average Bonchev–Trinajstić information content (AvgIpc) is 3.71. The van der Waals surface area contributed by atoms with Crippen molar-refractivity contribution in [1.82, 2.24) is 25.1 Å². The first-order valence-electron chi connectivity index (χ1n) is 13.2. The summed E-state index contributed by atoms with van der Waals surface area (Å²) in [5.41, 5.74) is 5.39. The summed E-state index contributed by atoms with van der Waals surface area (Å²) >= 11 is 0. The fourth-order valence-corrected chi connectivity index (χ4v) is 5.15. The van der Waals surface area contributed by atoms with Crippen LogP contribution in [0.15, 0.2) is 83.6 Å². The van der Waals surface area contributed by atoms with Gasteiger partial charge in [0.05, 0.1) is 16.8 Å². The molecule has 4 heterocycles. The molecular formula is C31H25N5O6. The molecule has 1 saturated heterocycles. The number of rotatable bonds is 6. The normalized spacial score (nSPS) is 14.7. The van der Waals surface area contributed by atoms with Crippen LogP contribution in [0.25, 0.3) is 44.5 Å². The van der Waals surface area contributed by atoms with Crippen molar-refractivity contribution in [3.8, 4) is 33.6 Å². The molecule has 2 amide bonds. The van der Waals surface area contributed by atoms with E-state index in [0.29, 0.717) is 52.3 Å². The molecule has 210 valence electrons. The van der Waals surface area contributed by atoms with Crippen molar-refractivity contribution in [2.45, 2.75) is 18.9 Å². The van der Waals surface area contributed by atoms with Crippen molar-refractivity contribution in [3.63, 3.8) is 0 Å². The van der Waals surface area contributed by atoms with Crippen LogP contribution in [-0.4, -0.2) is 72.8 Å². The summed E-state index contributed by atoms with van der Waals surface area (Å²) in [5, 5.41) is 24.2. The minimum atomic E-state index is -1.02. The molecule has 0 bridgehead atoms. The third kappa shape index (κ3) is 4.97. The number of pyridine rings is 2. The lowest BCUT2D eigenvalue weighted by molar-refractivity contribution is -0.141. The molecule has 5 aromatic rings. The van der Waals surface area contributed by atoms with Crippen molar-refractivity contribution >= 4 is 28.7 Å². The number of hydroxylamine groups is 2. The van der Waals surface area contributed by atoms with Gasteiger partial charge >= 0.3 is 5.97 Å². The van der Waals surface area contributed by atoms with Crippen LogP contribution in [0.1, 0.15) is 33.8 Å². The molecule has 1 aliphatic heterocycles. The number of amides is 2. The predicted octanol–water partition coefficient (Wildman–Crippen LogP) is 4.77. The molecule has 0 spiro atoms. The Morgan fingerprint density at radius 1 is 0.929 bits per heavy atom.